The number of ketones is 1. The first kappa shape index (κ1) is 25.3. The van der Waals surface area contributed by atoms with Crippen molar-refractivity contribution in [3.05, 3.63) is 104 Å². The highest BCUT2D eigenvalue weighted by Gasteiger charge is 2.23. The van der Waals surface area contributed by atoms with E-state index in [-0.39, 0.29) is 34.9 Å². The normalized spacial score (nSPS) is 12.7. The smallest absolute Gasteiger partial charge is 0.251 e. The molecule has 1 heterocycles. The zero-order chi connectivity index (χ0) is 24.8. The van der Waals surface area contributed by atoms with E-state index < -0.39 is 30.4 Å². The zero-order valence-electron chi connectivity index (χ0n) is 18.4. The lowest BCUT2D eigenvalue weighted by atomic mass is 9.85. The monoisotopic (exact) mass is 486 g/mol. The SMILES string of the molecule is Cn1cc(C(=O)CC(c2ccc(C(=O)NC[C@@H](O)CO)cc2)c2ccc(Cl)cc2F)ccc1=O. The molecule has 1 aromatic heterocycles. The fourth-order valence-electron chi connectivity index (χ4n) is 3.50. The lowest BCUT2D eigenvalue weighted by Gasteiger charge is -2.19. The van der Waals surface area contributed by atoms with E-state index >= 15 is 0 Å². The van der Waals surface area contributed by atoms with Gasteiger partial charge in [-0.25, -0.2) is 4.39 Å². The number of amides is 1. The van der Waals surface area contributed by atoms with Crippen molar-refractivity contribution < 1.29 is 24.2 Å². The van der Waals surface area contributed by atoms with E-state index in [2.05, 4.69) is 5.32 Å². The molecule has 0 aliphatic carbocycles. The van der Waals surface area contributed by atoms with Gasteiger partial charge in [-0.3, -0.25) is 14.4 Å². The summed E-state index contributed by atoms with van der Waals surface area (Å²) in [5.41, 5.74) is 1.24. The van der Waals surface area contributed by atoms with Gasteiger partial charge in [0.2, 0.25) is 5.56 Å². The molecule has 34 heavy (non-hydrogen) atoms. The Morgan fingerprint density at radius 3 is 2.38 bits per heavy atom. The van der Waals surface area contributed by atoms with E-state index in [9.17, 15) is 23.9 Å². The van der Waals surface area contributed by atoms with Gasteiger partial charge in [-0.1, -0.05) is 29.8 Å². The molecule has 178 valence electrons. The Kier molecular flexibility index (Phi) is 8.33. The first-order chi connectivity index (χ1) is 16.2. The number of hydrogen-bond acceptors (Lipinski definition) is 5. The van der Waals surface area contributed by atoms with E-state index in [1.165, 1.54) is 53.2 Å². The Bertz CT molecular complexity index is 1240. The number of halogens is 2. The molecule has 0 aliphatic heterocycles. The Morgan fingerprint density at radius 2 is 1.76 bits per heavy atom. The van der Waals surface area contributed by atoms with Crippen LogP contribution in [-0.4, -0.2) is 45.7 Å². The Balaban J connectivity index is 1.91. The first-order valence-electron chi connectivity index (χ1n) is 10.5. The number of carbonyl (C=O) groups is 2. The largest absolute Gasteiger partial charge is 0.394 e. The van der Waals surface area contributed by atoms with Gasteiger partial charge < -0.3 is 20.1 Å². The molecule has 0 saturated carbocycles. The van der Waals surface area contributed by atoms with Gasteiger partial charge in [-0.15, -0.1) is 0 Å². The number of rotatable bonds is 9. The molecular weight excluding hydrogens is 463 g/mol. The van der Waals surface area contributed by atoms with Crippen molar-refractivity contribution in [2.24, 2.45) is 7.05 Å². The number of aromatic nitrogens is 1. The van der Waals surface area contributed by atoms with E-state index in [0.717, 1.165) is 0 Å². The molecule has 0 radical (unpaired) electrons. The molecule has 1 unspecified atom stereocenters. The lowest BCUT2D eigenvalue weighted by Crippen LogP contribution is -2.33. The Labute approximate surface area is 200 Å². The number of nitrogens with zero attached hydrogens (tertiary/aromatic N) is 1. The first-order valence-corrected chi connectivity index (χ1v) is 10.9. The van der Waals surface area contributed by atoms with E-state index in [4.69, 9.17) is 16.7 Å². The number of aliphatic hydroxyl groups is 2. The van der Waals surface area contributed by atoms with Crippen LogP contribution in [0.2, 0.25) is 5.02 Å². The zero-order valence-corrected chi connectivity index (χ0v) is 19.1. The average Bonchev–Trinajstić information content (AvgIpc) is 2.82. The van der Waals surface area contributed by atoms with Crippen molar-refractivity contribution in [3.8, 4) is 0 Å². The number of aliphatic hydroxyl groups excluding tert-OH is 2. The van der Waals surface area contributed by atoms with Gasteiger partial charge in [0.25, 0.3) is 5.91 Å². The Morgan fingerprint density at radius 1 is 1.09 bits per heavy atom. The van der Waals surface area contributed by atoms with Gasteiger partial charge in [0.15, 0.2) is 5.78 Å². The average molecular weight is 487 g/mol. The van der Waals surface area contributed by atoms with Crippen LogP contribution in [0.15, 0.2) is 65.6 Å². The highest BCUT2D eigenvalue weighted by atomic mass is 35.5. The van der Waals surface area contributed by atoms with Crippen LogP contribution in [0.4, 0.5) is 4.39 Å². The molecular formula is C25H24ClFN2O5. The third-order valence-electron chi connectivity index (χ3n) is 5.42. The molecule has 3 aromatic rings. The minimum atomic E-state index is -1.07. The summed E-state index contributed by atoms with van der Waals surface area (Å²) in [5.74, 6) is -1.97. The molecule has 0 saturated heterocycles. The number of hydrogen-bond donors (Lipinski definition) is 3. The topological polar surface area (TPSA) is 109 Å². The minimum Gasteiger partial charge on any atom is -0.394 e. The van der Waals surface area contributed by atoms with Crippen molar-refractivity contribution in [2.45, 2.75) is 18.4 Å². The number of Topliss-reactive ketones (excluding diaryl/α,β-unsaturated/α-hetero) is 1. The van der Waals surface area contributed by atoms with Crippen molar-refractivity contribution in [1.82, 2.24) is 9.88 Å². The summed E-state index contributed by atoms with van der Waals surface area (Å²) in [6.45, 7) is -0.582. The second-order valence-electron chi connectivity index (χ2n) is 7.88. The summed E-state index contributed by atoms with van der Waals surface area (Å²) in [5, 5.41) is 21.0. The summed E-state index contributed by atoms with van der Waals surface area (Å²) >= 11 is 5.90. The summed E-state index contributed by atoms with van der Waals surface area (Å²) in [6, 6.07) is 13.3. The molecule has 0 spiro atoms. The van der Waals surface area contributed by atoms with Gasteiger partial charge in [0, 0.05) is 54.3 Å². The van der Waals surface area contributed by atoms with Crippen molar-refractivity contribution in [2.75, 3.05) is 13.2 Å². The van der Waals surface area contributed by atoms with Gasteiger partial charge >= 0.3 is 0 Å². The number of pyridine rings is 1. The van der Waals surface area contributed by atoms with Gasteiger partial charge in [-0.05, 0) is 41.5 Å². The highest BCUT2D eigenvalue weighted by Crippen LogP contribution is 2.32. The van der Waals surface area contributed by atoms with Gasteiger partial charge in [0.05, 0.1) is 12.7 Å². The van der Waals surface area contributed by atoms with E-state index in [1.54, 1.807) is 19.2 Å². The van der Waals surface area contributed by atoms with Crippen LogP contribution in [0.25, 0.3) is 0 Å². The molecule has 0 fully saturated rings. The molecule has 9 heteroatoms. The van der Waals surface area contributed by atoms with Crippen LogP contribution >= 0.6 is 11.6 Å². The maximum absolute atomic E-state index is 14.8. The molecule has 2 aromatic carbocycles. The fourth-order valence-corrected chi connectivity index (χ4v) is 3.66. The predicted molar refractivity (Wildman–Crippen MR) is 126 cm³/mol. The second-order valence-corrected chi connectivity index (χ2v) is 8.32. The van der Waals surface area contributed by atoms with Gasteiger partial charge in [0.1, 0.15) is 5.82 Å². The number of nitrogens with one attached hydrogen (secondary N) is 1. The number of carbonyl (C=O) groups excluding carboxylic acids is 2. The molecule has 7 nitrogen and oxygen atoms in total. The molecule has 3 N–H and O–H groups in total. The fraction of sp³-hybridized carbons (Fsp3) is 0.240. The van der Waals surface area contributed by atoms with Crippen LogP contribution < -0.4 is 10.9 Å². The maximum atomic E-state index is 14.8. The third kappa shape index (κ3) is 6.17. The predicted octanol–water partition coefficient (Wildman–Crippen LogP) is 2.67. The van der Waals surface area contributed by atoms with E-state index in [1.807, 2.05) is 0 Å². The molecule has 2 atom stereocenters. The molecule has 3 rings (SSSR count). The summed E-state index contributed by atoms with van der Waals surface area (Å²) in [4.78, 5) is 36.9. The van der Waals surface area contributed by atoms with Crippen LogP contribution in [0.3, 0.4) is 0 Å². The van der Waals surface area contributed by atoms with E-state index in [0.29, 0.717) is 16.7 Å². The van der Waals surface area contributed by atoms with Crippen LogP contribution in [0.1, 0.15) is 44.2 Å². The maximum Gasteiger partial charge on any atom is 0.251 e. The lowest BCUT2D eigenvalue weighted by molar-refractivity contribution is 0.0802. The van der Waals surface area contributed by atoms with Crippen LogP contribution in [-0.2, 0) is 7.05 Å². The summed E-state index contributed by atoms with van der Waals surface area (Å²) < 4.78 is 16.1. The van der Waals surface area contributed by atoms with Crippen LogP contribution in [0.5, 0.6) is 0 Å². The Hall–Kier alpha value is -3.33. The quantitative estimate of drug-likeness (QED) is 0.403. The summed E-state index contributed by atoms with van der Waals surface area (Å²) in [6.07, 6.45) is 0.295. The number of aryl methyl sites for hydroxylation is 1. The molecule has 0 bridgehead atoms. The van der Waals surface area contributed by atoms with Crippen molar-refractivity contribution in [1.29, 1.82) is 0 Å². The highest BCUT2D eigenvalue weighted by molar-refractivity contribution is 6.30. The number of benzene rings is 2. The minimum absolute atomic E-state index is 0.0784. The summed E-state index contributed by atoms with van der Waals surface area (Å²) in [7, 11) is 1.54. The van der Waals surface area contributed by atoms with Crippen LogP contribution in [0, 0.1) is 5.82 Å². The van der Waals surface area contributed by atoms with Crippen molar-refractivity contribution >= 4 is 23.3 Å². The molecule has 0 aliphatic rings. The standard InChI is InChI=1S/C25H24ClFN2O5/c1-29-13-17(6-9-24(29)33)23(32)11-21(20-8-7-18(26)10-22(20)27)15-2-4-16(5-3-15)25(34)28-12-19(31)14-30/h2-10,13,19,21,30-31H,11-12,14H2,1H3,(H,28,34)/t19-,21?/m1/s1. The van der Waals surface area contributed by atoms with Gasteiger partial charge in [-0.2, -0.15) is 0 Å². The molecule has 1 amide bonds. The third-order valence-corrected chi connectivity index (χ3v) is 5.65. The van der Waals surface area contributed by atoms with Crippen molar-refractivity contribution in [3.63, 3.8) is 0 Å². The second kappa shape index (κ2) is 11.2.